The number of aliphatic carboxylic acids is 1. The molecule has 0 bridgehead atoms. The van der Waals surface area contributed by atoms with Crippen molar-refractivity contribution in [2.24, 2.45) is 0 Å². The van der Waals surface area contributed by atoms with Gasteiger partial charge >= 0.3 is 11.9 Å². The van der Waals surface area contributed by atoms with Crippen molar-refractivity contribution in [2.75, 3.05) is 7.11 Å². The SMILES string of the molecule is COc1ccccc1-c1ccc(C(=O)O)c(=O)n1CCC(=O)O. The van der Waals surface area contributed by atoms with E-state index in [0.29, 0.717) is 17.0 Å². The van der Waals surface area contributed by atoms with Gasteiger partial charge in [0.05, 0.1) is 19.2 Å². The maximum absolute atomic E-state index is 12.4. The molecule has 0 spiro atoms. The number of rotatable bonds is 6. The number of carbonyl (C=O) groups is 2. The molecule has 0 aliphatic heterocycles. The second-order valence-corrected chi connectivity index (χ2v) is 4.74. The average Bonchev–Trinajstić information content (AvgIpc) is 2.52. The van der Waals surface area contributed by atoms with E-state index in [1.165, 1.54) is 19.2 Å². The van der Waals surface area contributed by atoms with Crippen LogP contribution in [-0.2, 0) is 11.3 Å². The Morgan fingerprint density at radius 2 is 1.83 bits per heavy atom. The molecule has 0 unspecified atom stereocenters. The fourth-order valence-electron chi connectivity index (χ4n) is 2.26. The summed E-state index contributed by atoms with van der Waals surface area (Å²) < 4.78 is 6.40. The van der Waals surface area contributed by atoms with E-state index in [1.807, 2.05) is 0 Å². The van der Waals surface area contributed by atoms with Crippen molar-refractivity contribution in [1.29, 1.82) is 0 Å². The number of aromatic nitrogens is 1. The number of aromatic carboxylic acids is 1. The Balaban J connectivity index is 2.67. The normalized spacial score (nSPS) is 10.3. The van der Waals surface area contributed by atoms with Crippen LogP contribution in [0, 0.1) is 0 Å². The first kappa shape index (κ1) is 16.3. The number of pyridine rings is 1. The van der Waals surface area contributed by atoms with Crippen LogP contribution in [0.25, 0.3) is 11.3 Å². The number of methoxy groups -OCH3 is 1. The van der Waals surface area contributed by atoms with Gasteiger partial charge in [-0.15, -0.1) is 0 Å². The average molecular weight is 317 g/mol. The number of para-hydroxylation sites is 1. The van der Waals surface area contributed by atoms with Crippen molar-refractivity contribution in [3.63, 3.8) is 0 Å². The summed E-state index contributed by atoms with van der Waals surface area (Å²) in [6.45, 7) is -0.136. The Labute approximate surface area is 131 Å². The predicted octanol–water partition coefficient (Wildman–Crippen LogP) is 1.70. The standard InChI is InChI=1S/C16H15NO6/c1-23-13-5-3-2-4-10(13)12-7-6-11(16(21)22)15(20)17(12)9-8-14(18)19/h2-7H,8-9H2,1H3,(H,18,19)(H,21,22). The van der Waals surface area contributed by atoms with Gasteiger partial charge < -0.3 is 19.5 Å². The van der Waals surface area contributed by atoms with Crippen LogP contribution in [-0.4, -0.2) is 33.8 Å². The van der Waals surface area contributed by atoms with Crippen LogP contribution in [0.5, 0.6) is 5.75 Å². The maximum atomic E-state index is 12.4. The van der Waals surface area contributed by atoms with Crippen LogP contribution in [0.3, 0.4) is 0 Å². The molecule has 0 saturated carbocycles. The molecule has 7 nitrogen and oxygen atoms in total. The zero-order valence-corrected chi connectivity index (χ0v) is 12.4. The highest BCUT2D eigenvalue weighted by Gasteiger charge is 2.17. The number of carboxylic acids is 2. The van der Waals surface area contributed by atoms with E-state index in [9.17, 15) is 14.4 Å². The molecule has 7 heteroatoms. The first-order valence-electron chi connectivity index (χ1n) is 6.78. The molecule has 1 aromatic heterocycles. The minimum absolute atomic E-state index is 0.136. The van der Waals surface area contributed by atoms with Crippen molar-refractivity contribution >= 4 is 11.9 Å². The van der Waals surface area contributed by atoms with Gasteiger partial charge in [-0.1, -0.05) is 12.1 Å². The van der Waals surface area contributed by atoms with Crippen molar-refractivity contribution in [1.82, 2.24) is 4.57 Å². The van der Waals surface area contributed by atoms with Crippen LogP contribution in [0.2, 0.25) is 0 Å². The smallest absolute Gasteiger partial charge is 0.341 e. The Bertz CT molecular complexity index is 808. The molecule has 0 radical (unpaired) electrons. The summed E-state index contributed by atoms with van der Waals surface area (Å²) in [7, 11) is 1.48. The summed E-state index contributed by atoms with van der Waals surface area (Å²) in [5, 5.41) is 17.9. The molecule has 0 amide bonds. The van der Waals surface area contributed by atoms with E-state index in [4.69, 9.17) is 14.9 Å². The van der Waals surface area contributed by atoms with Crippen molar-refractivity contribution < 1.29 is 24.5 Å². The molecule has 2 aromatic rings. The lowest BCUT2D eigenvalue weighted by atomic mass is 10.1. The molecule has 120 valence electrons. The Morgan fingerprint density at radius 1 is 1.13 bits per heavy atom. The Hall–Kier alpha value is -3.09. The zero-order valence-electron chi connectivity index (χ0n) is 12.4. The van der Waals surface area contributed by atoms with E-state index < -0.39 is 23.1 Å². The van der Waals surface area contributed by atoms with Crippen LogP contribution in [0.4, 0.5) is 0 Å². The summed E-state index contributed by atoms with van der Waals surface area (Å²) in [5.74, 6) is -1.94. The number of ether oxygens (including phenoxy) is 1. The quantitative estimate of drug-likeness (QED) is 0.840. The van der Waals surface area contributed by atoms with E-state index >= 15 is 0 Å². The van der Waals surface area contributed by atoms with Crippen LogP contribution < -0.4 is 10.3 Å². The third-order valence-corrected chi connectivity index (χ3v) is 3.34. The summed E-state index contributed by atoms with van der Waals surface area (Å²) >= 11 is 0. The molecule has 1 heterocycles. The molecule has 2 N–H and O–H groups in total. The molecule has 0 aliphatic rings. The molecular formula is C16H15NO6. The summed E-state index contributed by atoms with van der Waals surface area (Å²) in [6.07, 6.45) is -0.300. The number of hydrogen-bond donors (Lipinski definition) is 2. The van der Waals surface area contributed by atoms with E-state index in [2.05, 4.69) is 0 Å². The minimum atomic E-state index is -1.36. The molecule has 2 rings (SSSR count). The third-order valence-electron chi connectivity index (χ3n) is 3.34. The molecule has 0 aliphatic carbocycles. The lowest BCUT2D eigenvalue weighted by Gasteiger charge is -2.15. The molecule has 23 heavy (non-hydrogen) atoms. The molecule has 0 fully saturated rings. The highest BCUT2D eigenvalue weighted by molar-refractivity contribution is 5.87. The fraction of sp³-hybridized carbons (Fsp3) is 0.188. The predicted molar refractivity (Wildman–Crippen MR) is 81.9 cm³/mol. The lowest BCUT2D eigenvalue weighted by molar-refractivity contribution is -0.137. The Kier molecular flexibility index (Phi) is 4.80. The Morgan fingerprint density at radius 3 is 2.43 bits per heavy atom. The highest BCUT2D eigenvalue weighted by atomic mass is 16.5. The van der Waals surface area contributed by atoms with Crippen molar-refractivity contribution in [3.05, 3.63) is 52.3 Å². The van der Waals surface area contributed by atoms with Gasteiger partial charge in [-0.3, -0.25) is 9.59 Å². The molecule has 1 aromatic carbocycles. The van der Waals surface area contributed by atoms with Crippen molar-refractivity contribution in [2.45, 2.75) is 13.0 Å². The van der Waals surface area contributed by atoms with E-state index in [0.717, 1.165) is 4.57 Å². The summed E-state index contributed by atoms with van der Waals surface area (Å²) in [5.41, 5.74) is -0.177. The first-order valence-corrected chi connectivity index (χ1v) is 6.78. The van der Waals surface area contributed by atoms with E-state index in [1.54, 1.807) is 24.3 Å². The maximum Gasteiger partial charge on any atom is 0.341 e. The first-order chi connectivity index (χ1) is 11.0. The second kappa shape index (κ2) is 6.78. The number of carboxylic acid groups (broad SMARTS) is 2. The number of hydrogen-bond acceptors (Lipinski definition) is 4. The third kappa shape index (κ3) is 3.39. The lowest BCUT2D eigenvalue weighted by Crippen LogP contribution is -2.28. The van der Waals surface area contributed by atoms with E-state index in [-0.39, 0.29) is 13.0 Å². The molecule has 0 atom stereocenters. The second-order valence-electron chi connectivity index (χ2n) is 4.74. The van der Waals surface area contributed by atoms with Crippen LogP contribution in [0.15, 0.2) is 41.2 Å². The zero-order chi connectivity index (χ0) is 17.0. The minimum Gasteiger partial charge on any atom is -0.496 e. The van der Waals surface area contributed by atoms with Gasteiger partial charge in [0.1, 0.15) is 11.3 Å². The van der Waals surface area contributed by atoms with Gasteiger partial charge in [0.25, 0.3) is 5.56 Å². The van der Waals surface area contributed by atoms with Crippen molar-refractivity contribution in [3.8, 4) is 17.0 Å². The summed E-state index contributed by atoms with van der Waals surface area (Å²) in [6, 6.07) is 9.61. The van der Waals surface area contributed by atoms with Gasteiger partial charge in [0, 0.05) is 12.1 Å². The van der Waals surface area contributed by atoms with Gasteiger partial charge in [0.2, 0.25) is 0 Å². The van der Waals surface area contributed by atoms with Crippen LogP contribution in [0.1, 0.15) is 16.8 Å². The topological polar surface area (TPSA) is 106 Å². The van der Waals surface area contributed by atoms with Gasteiger partial charge in [-0.05, 0) is 24.3 Å². The van der Waals surface area contributed by atoms with Gasteiger partial charge in [-0.2, -0.15) is 0 Å². The molecule has 0 saturated heterocycles. The van der Waals surface area contributed by atoms with Gasteiger partial charge in [0.15, 0.2) is 0 Å². The van der Waals surface area contributed by atoms with Crippen LogP contribution >= 0.6 is 0 Å². The van der Waals surface area contributed by atoms with Gasteiger partial charge in [-0.25, -0.2) is 4.79 Å². The largest absolute Gasteiger partial charge is 0.496 e. The number of benzene rings is 1. The highest BCUT2D eigenvalue weighted by Crippen LogP contribution is 2.29. The number of nitrogens with zero attached hydrogens (tertiary/aromatic N) is 1. The monoisotopic (exact) mass is 317 g/mol. The fourth-order valence-corrected chi connectivity index (χ4v) is 2.26. The molecular weight excluding hydrogens is 302 g/mol. The summed E-state index contributed by atoms with van der Waals surface area (Å²) in [4.78, 5) is 34.3.